The van der Waals surface area contributed by atoms with Crippen molar-refractivity contribution in [2.45, 2.75) is 38.7 Å². The van der Waals surface area contributed by atoms with Crippen molar-refractivity contribution < 1.29 is 13.2 Å². The van der Waals surface area contributed by atoms with Crippen LogP contribution < -0.4 is 20.1 Å². The Bertz CT molecular complexity index is 927. The number of para-hydroxylation sites is 1. The molecule has 0 amide bonds. The van der Waals surface area contributed by atoms with Gasteiger partial charge < -0.3 is 15.4 Å². The van der Waals surface area contributed by atoms with E-state index in [-0.39, 0.29) is 11.8 Å². The van der Waals surface area contributed by atoms with E-state index < -0.39 is 10.0 Å². The Hall–Kier alpha value is -2.58. The fraction of sp³-hybridized carbons (Fsp3) is 0.381. The van der Waals surface area contributed by atoms with Crippen molar-refractivity contribution in [3.05, 3.63) is 65.2 Å². The van der Waals surface area contributed by atoms with Crippen LogP contribution in [0.25, 0.3) is 0 Å². The van der Waals surface area contributed by atoms with E-state index in [2.05, 4.69) is 20.3 Å². The molecule has 8 heteroatoms. The molecule has 3 N–H and O–H groups in total. The quantitative estimate of drug-likeness (QED) is 0.430. The summed E-state index contributed by atoms with van der Waals surface area (Å²) in [6.45, 7) is 4.63. The van der Waals surface area contributed by atoms with Gasteiger partial charge in [0.1, 0.15) is 5.75 Å². The molecule has 0 atom stereocenters. The summed E-state index contributed by atoms with van der Waals surface area (Å²) < 4.78 is 32.6. The molecule has 0 heterocycles. The minimum atomic E-state index is -3.39. The molecule has 2 aromatic rings. The van der Waals surface area contributed by atoms with Gasteiger partial charge in [0.15, 0.2) is 5.96 Å². The van der Waals surface area contributed by atoms with E-state index in [1.165, 1.54) is 0 Å². The van der Waals surface area contributed by atoms with Gasteiger partial charge in [0.05, 0.1) is 12.9 Å². The highest BCUT2D eigenvalue weighted by atomic mass is 32.2. The maximum atomic E-state index is 12.3. The first-order valence-electron chi connectivity index (χ1n) is 9.48. The van der Waals surface area contributed by atoms with Crippen molar-refractivity contribution in [1.82, 2.24) is 15.4 Å². The molecule has 0 fully saturated rings. The standard InChI is InChI=1S/C21H30N4O3S/c1-16(2)25-29(26,27)15-19-11-6-5-9-17(19)13-23-21(22-3)24-14-18-10-7-8-12-20(18)28-4/h5-12,16,25H,13-15H2,1-4H3,(H2,22,23,24). The highest BCUT2D eigenvalue weighted by molar-refractivity contribution is 7.88. The zero-order valence-electron chi connectivity index (χ0n) is 17.4. The molecule has 0 radical (unpaired) electrons. The molecule has 0 saturated heterocycles. The number of hydrogen-bond acceptors (Lipinski definition) is 4. The van der Waals surface area contributed by atoms with Crippen LogP contribution in [0.4, 0.5) is 0 Å². The third-order valence-electron chi connectivity index (χ3n) is 4.19. The van der Waals surface area contributed by atoms with Gasteiger partial charge in [-0.2, -0.15) is 0 Å². The topological polar surface area (TPSA) is 91.8 Å². The second-order valence-electron chi connectivity index (χ2n) is 6.89. The molecule has 0 spiro atoms. The Kier molecular flexibility index (Phi) is 8.48. The number of methoxy groups -OCH3 is 1. The smallest absolute Gasteiger partial charge is 0.216 e. The van der Waals surface area contributed by atoms with Crippen LogP contribution >= 0.6 is 0 Å². The minimum absolute atomic E-state index is 0.0592. The molecule has 0 bridgehead atoms. The molecule has 0 saturated carbocycles. The number of nitrogens with zero attached hydrogens (tertiary/aromatic N) is 1. The predicted octanol–water partition coefficient (Wildman–Crippen LogP) is 2.39. The summed E-state index contributed by atoms with van der Waals surface area (Å²) in [7, 11) is -0.0532. The maximum absolute atomic E-state index is 12.3. The zero-order valence-corrected chi connectivity index (χ0v) is 18.2. The Labute approximate surface area is 173 Å². The summed E-state index contributed by atoms with van der Waals surface area (Å²) >= 11 is 0. The molecule has 0 unspecified atom stereocenters. The molecule has 0 aliphatic rings. The first kappa shape index (κ1) is 22.7. The fourth-order valence-electron chi connectivity index (χ4n) is 2.90. The highest BCUT2D eigenvalue weighted by Gasteiger charge is 2.15. The third-order valence-corrected chi connectivity index (χ3v) is 5.71. The largest absolute Gasteiger partial charge is 0.496 e. The van der Waals surface area contributed by atoms with Gasteiger partial charge in [0.25, 0.3) is 0 Å². The van der Waals surface area contributed by atoms with E-state index in [9.17, 15) is 8.42 Å². The molecule has 158 valence electrons. The lowest BCUT2D eigenvalue weighted by molar-refractivity contribution is 0.409. The lowest BCUT2D eigenvalue weighted by atomic mass is 10.1. The maximum Gasteiger partial charge on any atom is 0.216 e. The van der Waals surface area contributed by atoms with E-state index >= 15 is 0 Å². The van der Waals surface area contributed by atoms with Gasteiger partial charge in [-0.05, 0) is 31.0 Å². The minimum Gasteiger partial charge on any atom is -0.496 e. The Morgan fingerprint density at radius 3 is 2.10 bits per heavy atom. The van der Waals surface area contributed by atoms with Crippen molar-refractivity contribution in [2.75, 3.05) is 14.2 Å². The van der Waals surface area contributed by atoms with E-state index in [1.54, 1.807) is 14.2 Å². The van der Waals surface area contributed by atoms with Crippen LogP contribution in [-0.2, 0) is 28.9 Å². The summed E-state index contributed by atoms with van der Waals surface area (Å²) in [5, 5.41) is 6.50. The second-order valence-corrected chi connectivity index (χ2v) is 8.65. The SMILES string of the molecule is CN=C(NCc1ccccc1CS(=O)(=O)NC(C)C)NCc1ccccc1OC. The average molecular weight is 419 g/mol. The van der Waals surface area contributed by atoms with Crippen LogP contribution in [0.2, 0.25) is 0 Å². The number of hydrogen-bond donors (Lipinski definition) is 3. The van der Waals surface area contributed by atoms with Crippen LogP contribution in [0.15, 0.2) is 53.5 Å². The van der Waals surface area contributed by atoms with Gasteiger partial charge in [-0.3, -0.25) is 4.99 Å². The van der Waals surface area contributed by atoms with Crippen molar-refractivity contribution >= 4 is 16.0 Å². The van der Waals surface area contributed by atoms with Crippen LogP contribution in [0.5, 0.6) is 5.75 Å². The predicted molar refractivity (Wildman–Crippen MR) is 117 cm³/mol. The van der Waals surface area contributed by atoms with Gasteiger partial charge in [0.2, 0.25) is 10.0 Å². The Morgan fingerprint density at radius 2 is 1.52 bits per heavy atom. The van der Waals surface area contributed by atoms with E-state index in [1.807, 2.05) is 62.4 Å². The monoisotopic (exact) mass is 418 g/mol. The van der Waals surface area contributed by atoms with Crippen LogP contribution in [-0.4, -0.2) is 34.6 Å². The summed E-state index contributed by atoms with van der Waals surface area (Å²) in [5.74, 6) is 1.37. The number of nitrogens with one attached hydrogen (secondary N) is 3. The number of ether oxygens (including phenoxy) is 1. The normalized spacial score (nSPS) is 12.1. The van der Waals surface area contributed by atoms with Crippen molar-refractivity contribution in [3.63, 3.8) is 0 Å². The lowest BCUT2D eigenvalue weighted by Gasteiger charge is -2.16. The first-order valence-corrected chi connectivity index (χ1v) is 11.1. The van der Waals surface area contributed by atoms with E-state index in [4.69, 9.17) is 4.74 Å². The Morgan fingerprint density at radius 1 is 0.966 bits per heavy atom. The van der Waals surface area contributed by atoms with Crippen molar-refractivity contribution in [1.29, 1.82) is 0 Å². The first-order chi connectivity index (χ1) is 13.8. The molecule has 0 aliphatic carbocycles. The molecular weight excluding hydrogens is 388 g/mol. The van der Waals surface area contributed by atoms with Gasteiger partial charge >= 0.3 is 0 Å². The zero-order chi connectivity index (χ0) is 21.3. The molecular formula is C21H30N4O3S. The highest BCUT2D eigenvalue weighted by Crippen LogP contribution is 2.16. The van der Waals surface area contributed by atoms with Gasteiger partial charge in [-0.15, -0.1) is 0 Å². The Balaban J connectivity index is 2.01. The van der Waals surface area contributed by atoms with Crippen molar-refractivity contribution in [3.8, 4) is 5.75 Å². The molecule has 2 rings (SSSR count). The van der Waals surface area contributed by atoms with Crippen molar-refractivity contribution in [2.24, 2.45) is 4.99 Å². The molecule has 29 heavy (non-hydrogen) atoms. The van der Waals surface area contributed by atoms with Crippen LogP contribution in [0, 0.1) is 0 Å². The average Bonchev–Trinajstić information content (AvgIpc) is 2.68. The molecule has 7 nitrogen and oxygen atoms in total. The number of aliphatic imine (C=N–C) groups is 1. The van der Waals surface area contributed by atoms with Gasteiger partial charge in [0, 0.05) is 31.7 Å². The summed E-state index contributed by atoms with van der Waals surface area (Å²) in [6.07, 6.45) is 0. The fourth-order valence-corrected chi connectivity index (χ4v) is 4.40. The lowest BCUT2D eigenvalue weighted by Crippen LogP contribution is -2.37. The molecule has 0 aromatic heterocycles. The summed E-state index contributed by atoms with van der Waals surface area (Å²) in [4.78, 5) is 4.24. The molecule has 2 aromatic carbocycles. The van der Waals surface area contributed by atoms with Crippen LogP contribution in [0.3, 0.4) is 0 Å². The number of benzene rings is 2. The number of sulfonamides is 1. The second kappa shape index (κ2) is 10.8. The van der Waals surface area contributed by atoms with Crippen LogP contribution in [0.1, 0.15) is 30.5 Å². The van der Waals surface area contributed by atoms with Gasteiger partial charge in [-0.1, -0.05) is 42.5 Å². The number of guanidine groups is 1. The summed E-state index contributed by atoms with van der Waals surface area (Å²) in [5.41, 5.74) is 2.68. The van der Waals surface area contributed by atoms with E-state index in [0.717, 1.165) is 22.4 Å². The van der Waals surface area contributed by atoms with Gasteiger partial charge in [-0.25, -0.2) is 13.1 Å². The number of rotatable bonds is 9. The third kappa shape index (κ3) is 7.40. The van der Waals surface area contributed by atoms with E-state index in [0.29, 0.717) is 19.0 Å². The molecule has 0 aliphatic heterocycles. The summed E-state index contributed by atoms with van der Waals surface area (Å²) in [6, 6.07) is 15.1.